The van der Waals surface area contributed by atoms with Crippen molar-refractivity contribution >= 4 is 17.7 Å². The van der Waals surface area contributed by atoms with Gasteiger partial charge in [-0.15, -0.1) is 0 Å². The van der Waals surface area contributed by atoms with Gasteiger partial charge >= 0.3 is 5.97 Å². The number of carboxylic acids is 1. The number of nitrogens with zero attached hydrogens (tertiary/aromatic N) is 1. The number of benzene rings is 1. The molecular weight excluding hydrogens is 294 g/mol. The van der Waals surface area contributed by atoms with Gasteiger partial charge < -0.3 is 10.0 Å². The van der Waals surface area contributed by atoms with Gasteiger partial charge in [0.15, 0.2) is 5.78 Å². The summed E-state index contributed by atoms with van der Waals surface area (Å²) in [5.74, 6) is -1.40. The largest absolute Gasteiger partial charge is 0.480 e. The third kappa shape index (κ3) is 4.41. The predicted octanol–water partition coefficient (Wildman–Crippen LogP) is 2.46. The summed E-state index contributed by atoms with van der Waals surface area (Å²) in [5, 5.41) is 8.87. The molecule has 0 atom stereocenters. The van der Waals surface area contributed by atoms with E-state index in [1.54, 1.807) is 13.8 Å². The average molecular weight is 317 g/mol. The summed E-state index contributed by atoms with van der Waals surface area (Å²) in [6.07, 6.45) is 3.36. The van der Waals surface area contributed by atoms with Gasteiger partial charge in [-0.2, -0.15) is 0 Å². The molecule has 5 heteroatoms. The van der Waals surface area contributed by atoms with Crippen LogP contribution in [0.5, 0.6) is 0 Å². The van der Waals surface area contributed by atoms with Gasteiger partial charge in [0, 0.05) is 24.4 Å². The maximum atomic E-state index is 12.3. The van der Waals surface area contributed by atoms with Crippen LogP contribution in [0.15, 0.2) is 18.2 Å². The Bertz CT molecular complexity index is 621. The first-order valence-electron chi connectivity index (χ1n) is 8.04. The van der Waals surface area contributed by atoms with E-state index in [1.165, 1.54) is 16.0 Å². The van der Waals surface area contributed by atoms with Crippen molar-refractivity contribution in [3.63, 3.8) is 0 Å². The van der Waals surface area contributed by atoms with E-state index in [2.05, 4.69) is 0 Å². The van der Waals surface area contributed by atoms with E-state index in [9.17, 15) is 14.4 Å². The van der Waals surface area contributed by atoms with E-state index in [1.807, 2.05) is 18.2 Å². The molecule has 0 spiro atoms. The molecule has 1 aliphatic rings. The van der Waals surface area contributed by atoms with Gasteiger partial charge in [0.25, 0.3) is 0 Å². The molecule has 0 unspecified atom stereocenters. The summed E-state index contributed by atoms with van der Waals surface area (Å²) in [6.45, 7) is 3.20. The number of ketones is 1. The zero-order chi connectivity index (χ0) is 17.0. The van der Waals surface area contributed by atoms with E-state index < -0.39 is 5.97 Å². The Kier molecular flexibility index (Phi) is 5.53. The van der Waals surface area contributed by atoms with Crippen molar-refractivity contribution in [2.45, 2.75) is 52.0 Å². The molecular formula is C18H23NO4. The number of carbonyl (C=O) groups excluding carboxylic acids is 2. The molecule has 23 heavy (non-hydrogen) atoms. The quantitative estimate of drug-likeness (QED) is 0.784. The highest BCUT2D eigenvalue weighted by atomic mass is 16.4. The highest BCUT2D eigenvalue weighted by Crippen LogP contribution is 2.23. The van der Waals surface area contributed by atoms with Crippen molar-refractivity contribution in [2.24, 2.45) is 0 Å². The number of aliphatic carboxylic acids is 1. The fraction of sp³-hybridized carbons (Fsp3) is 0.500. The molecule has 1 aliphatic carbocycles. The lowest BCUT2D eigenvalue weighted by Gasteiger charge is -2.24. The molecule has 2 rings (SSSR count). The first kappa shape index (κ1) is 17.2. The number of aryl methyl sites for hydroxylation is 2. The van der Waals surface area contributed by atoms with E-state index in [0.29, 0.717) is 5.56 Å². The normalized spacial score (nSPS) is 13.0. The number of hydrogen-bond donors (Lipinski definition) is 1. The predicted molar refractivity (Wildman–Crippen MR) is 86.5 cm³/mol. The number of Topliss-reactive ketones (excluding diaryl/α,β-unsaturated/α-hetero) is 1. The lowest BCUT2D eigenvalue weighted by Crippen LogP contribution is -2.40. The Labute approximate surface area is 136 Å². The fourth-order valence-electron chi connectivity index (χ4n) is 2.96. The fourth-order valence-corrected chi connectivity index (χ4v) is 2.96. The van der Waals surface area contributed by atoms with Crippen LogP contribution in [0, 0.1) is 0 Å². The lowest BCUT2D eigenvalue weighted by atomic mass is 10.0. The molecule has 0 heterocycles. The molecule has 0 saturated heterocycles. The zero-order valence-electron chi connectivity index (χ0n) is 13.7. The van der Waals surface area contributed by atoms with E-state index >= 15 is 0 Å². The summed E-state index contributed by atoms with van der Waals surface area (Å²) < 4.78 is 0. The zero-order valence-corrected chi connectivity index (χ0v) is 13.7. The van der Waals surface area contributed by atoms with Crippen molar-refractivity contribution in [3.05, 3.63) is 34.9 Å². The standard InChI is InChI=1S/C18H23NO4/c1-12(2)19(11-18(22)23)17(21)9-8-16(20)15-7-6-13-4-3-5-14(13)10-15/h6-7,10,12H,3-5,8-9,11H2,1-2H3,(H,22,23). The second-order valence-electron chi connectivity index (χ2n) is 6.27. The number of carboxylic acid groups (broad SMARTS) is 1. The van der Waals surface area contributed by atoms with Crippen LogP contribution in [0.1, 0.15) is 54.6 Å². The van der Waals surface area contributed by atoms with Crippen LogP contribution < -0.4 is 0 Å². The summed E-state index contributed by atoms with van der Waals surface area (Å²) in [5.41, 5.74) is 3.19. The van der Waals surface area contributed by atoms with Crippen molar-refractivity contribution < 1.29 is 19.5 Å². The van der Waals surface area contributed by atoms with Crippen LogP contribution in [-0.4, -0.2) is 40.3 Å². The van der Waals surface area contributed by atoms with Gasteiger partial charge in [-0.3, -0.25) is 14.4 Å². The first-order chi connectivity index (χ1) is 10.9. The molecule has 1 amide bonds. The van der Waals surface area contributed by atoms with Gasteiger partial charge in [-0.1, -0.05) is 12.1 Å². The van der Waals surface area contributed by atoms with Crippen LogP contribution in [0.2, 0.25) is 0 Å². The van der Waals surface area contributed by atoms with Gasteiger partial charge in [0.1, 0.15) is 6.54 Å². The minimum atomic E-state index is -1.04. The molecule has 0 radical (unpaired) electrons. The summed E-state index contributed by atoms with van der Waals surface area (Å²) in [6, 6.07) is 5.57. The third-order valence-corrected chi connectivity index (χ3v) is 4.24. The molecule has 1 aromatic rings. The highest BCUT2D eigenvalue weighted by Gasteiger charge is 2.21. The summed E-state index contributed by atoms with van der Waals surface area (Å²) in [7, 11) is 0. The number of amides is 1. The molecule has 1 aromatic carbocycles. The second-order valence-corrected chi connectivity index (χ2v) is 6.27. The molecule has 0 fully saturated rings. The maximum Gasteiger partial charge on any atom is 0.323 e. The highest BCUT2D eigenvalue weighted by molar-refractivity contribution is 5.98. The first-order valence-corrected chi connectivity index (χ1v) is 8.04. The monoisotopic (exact) mass is 317 g/mol. The van der Waals surface area contributed by atoms with Crippen LogP contribution in [-0.2, 0) is 22.4 Å². The molecule has 0 aliphatic heterocycles. The minimum Gasteiger partial charge on any atom is -0.480 e. The molecule has 0 saturated carbocycles. The number of fused-ring (bicyclic) bond motifs is 1. The van der Waals surface area contributed by atoms with E-state index in [0.717, 1.165) is 19.3 Å². The minimum absolute atomic E-state index is 0.0430. The Morgan fingerprint density at radius 1 is 1.13 bits per heavy atom. The molecule has 0 bridgehead atoms. The van der Waals surface area contributed by atoms with Crippen LogP contribution in [0.4, 0.5) is 0 Å². The summed E-state index contributed by atoms with van der Waals surface area (Å²) in [4.78, 5) is 36.5. The summed E-state index contributed by atoms with van der Waals surface area (Å²) >= 11 is 0. The smallest absolute Gasteiger partial charge is 0.323 e. The molecule has 1 N–H and O–H groups in total. The van der Waals surface area contributed by atoms with Crippen LogP contribution in [0.3, 0.4) is 0 Å². The third-order valence-electron chi connectivity index (χ3n) is 4.24. The second kappa shape index (κ2) is 7.40. The van der Waals surface area contributed by atoms with E-state index in [-0.39, 0.29) is 37.1 Å². The molecule has 5 nitrogen and oxygen atoms in total. The number of hydrogen-bond acceptors (Lipinski definition) is 3. The molecule has 0 aromatic heterocycles. The Hall–Kier alpha value is -2.17. The van der Waals surface area contributed by atoms with Gasteiger partial charge in [0.2, 0.25) is 5.91 Å². The number of carbonyl (C=O) groups is 3. The number of rotatable bonds is 7. The SMILES string of the molecule is CC(C)N(CC(=O)O)C(=O)CCC(=O)c1ccc2c(c1)CCC2. The van der Waals surface area contributed by atoms with Crippen LogP contribution >= 0.6 is 0 Å². The Balaban J connectivity index is 1.95. The van der Waals surface area contributed by atoms with Gasteiger partial charge in [0.05, 0.1) is 0 Å². The lowest BCUT2D eigenvalue weighted by molar-refractivity contribution is -0.145. The van der Waals surface area contributed by atoms with E-state index in [4.69, 9.17) is 5.11 Å². The van der Waals surface area contributed by atoms with Gasteiger partial charge in [-0.25, -0.2) is 0 Å². The van der Waals surface area contributed by atoms with Crippen molar-refractivity contribution in [1.29, 1.82) is 0 Å². The van der Waals surface area contributed by atoms with Crippen LogP contribution in [0.25, 0.3) is 0 Å². The molecule has 124 valence electrons. The maximum absolute atomic E-state index is 12.3. The average Bonchev–Trinajstić information content (AvgIpc) is 2.96. The van der Waals surface area contributed by atoms with Gasteiger partial charge in [-0.05, 0) is 50.3 Å². The van der Waals surface area contributed by atoms with Crippen molar-refractivity contribution in [2.75, 3.05) is 6.54 Å². The van der Waals surface area contributed by atoms with Crippen molar-refractivity contribution in [1.82, 2.24) is 4.90 Å². The Morgan fingerprint density at radius 3 is 2.48 bits per heavy atom. The van der Waals surface area contributed by atoms with Crippen molar-refractivity contribution in [3.8, 4) is 0 Å². The topological polar surface area (TPSA) is 74.7 Å². The Morgan fingerprint density at radius 2 is 1.83 bits per heavy atom.